The summed E-state index contributed by atoms with van der Waals surface area (Å²) in [6.45, 7) is 38.0. The summed E-state index contributed by atoms with van der Waals surface area (Å²) >= 11 is 0. The molecule has 458 valence electrons. The number of hydrogen-bond acceptors (Lipinski definition) is 2. The molecule has 0 N–H and O–H groups in total. The Morgan fingerprint density at radius 3 is 1.51 bits per heavy atom. The van der Waals surface area contributed by atoms with Gasteiger partial charge in [0.1, 0.15) is 0 Å². The van der Waals surface area contributed by atoms with Gasteiger partial charge >= 0.3 is 0 Å². The highest BCUT2D eigenvalue weighted by Crippen LogP contribution is 2.42. The highest BCUT2D eigenvalue weighted by Gasteiger charge is 2.22. The van der Waals surface area contributed by atoms with Crippen molar-refractivity contribution in [1.29, 1.82) is 0 Å². The molecule has 9 aromatic rings. The van der Waals surface area contributed by atoms with Gasteiger partial charge in [-0.3, -0.25) is 0 Å². The van der Waals surface area contributed by atoms with Gasteiger partial charge < -0.3 is 0 Å². The zero-order valence-corrected chi connectivity index (χ0v) is 56.3. The number of benzene rings is 8. The molecule has 0 spiro atoms. The number of aromatic nitrogens is 2. The van der Waals surface area contributed by atoms with E-state index in [1.54, 1.807) is 0 Å². The maximum absolute atomic E-state index is 5.13. The van der Waals surface area contributed by atoms with E-state index in [9.17, 15) is 0 Å². The molecule has 2 heteroatoms. The van der Waals surface area contributed by atoms with Crippen LogP contribution in [0.3, 0.4) is 0 Å². The third-order valence-corrected chi connectivity index (χ3v) is 15.7. The van der Waals surface area contributed by atoms with E-state index in [2.05, 4.69) is 263 Å². The van der Waals surface area contributed by atoms with E-state index in [0.29, 0.717) is 11.7 Å². The van der Waals surface area contributed by atoms with Gasteiger partial charge in [0.2, 0.25) is 0 Å². The lowest BCUT2D eigenvalue weighted by Gasteiger charge is -2.24. The standard InChI is InChI=1S/C53H44N2.C23H28.C8H12.2C2H6/c1-5-15-49-38(6-2)25-24-36(3)52(49)48-31-30-46(32-37(48)4)44-21-13-20-43(33-44)45-22-14-23-47(34-45)51-35-50(54-53(55-51)42-18-11-8-12-19-42)41-28-26-40(27-29-41)39-16-9-7-10-17-39;1-7-12-17(6)23-20(13-8-2)18(9-3)19-14-10-11-15-21(19)22(23)16(4)5;1-3-5-7-8-6-4-2;2*1-2/h5-23,26-35H,2,24-25H2,1,3-4H3;7-8,10-16H,6,9H2,1-5H3;3-8H,1-2H3;2*1-2H3/b15-5-;12-7-,13-8-;5-3-,6-4+,8-7-;;. The predicted octanol–water partition coefficient (Wildman–Crippen LogP) is 26.3. The van der Waals surface area contributed by atoms with Crippen LogP contribution in [0.1, 0.15) is 142 Å². The fraction of sp³-hybridized carbons (Fsp3) is 0.205. The van der Waals surface area contributed by atoms with Crippen molar-refractivity contribution in [3.05, 3.63) is 318 Å². The lowest BCUT2D eigenvalue weighted by Crippen LogP contribution is -2.04. The Kier molecular flexibility index (Phi) is 27.9. The average Bonchev–Trinajstić information content (AvgIpc) is 0.908. The molecule has 0 aliphatic heterocycles. The lowest BCUT2D eigenvalue weighted by molar-refractivity contribution is 0.871. The molecule has 1 aliphatic carbocycles. The fourth-order valence-corrected chi connectivity index (χ4v) is 11.6. The number of allylic oxidation sites excluding steroid dienone is 17. The third-order valence-electron chi connectivity index (χ3n) is 15.7. The maximum Gasteiger partial charge on any atom is 0.160 e. The minimum atomic E-state index is 0.451. The summed E-state index contributed by atoms with van der Waals surface area (Å²) in [6.07, 6.45) is 30.1. The minimum absolute atomic E-state index is 0.451. The van der Waals surface area contributed by atoms with Crippen LogP contribution in [0.5, 0.6) is 0 Å². The first-order valence-corrected chi connectivity index (χ1v) is 32.5. The topological polar surface area (TPSA) is 25.8 Å². The smallest absolute Gasteiger partial charge is 0.160 e. The van der Waals surface area contributed by atoms with E-state index in [-0.39, 0.29) is 0 Å². The van der Waals surface area contributed by atoms with E-state index in [0.717, 1.165) is 64.0 Å². The molecular weight excluding hydrogens is 1080 g/mol. The molecule has 0 radical (unpaired) electrons. The zero-order chi connectivity index (χ0) is 65.0. The van der Waals surface area contributed by atoms with Gasteiger partial charge in [0.25, 0.3) is 0 Å². The first-order valence-electron chi connectivity index (χ1n) is 32.5. The van der Waals surface area contributed by atoms with Crippen molar-refractivity contribution in [2.24, 2.45) is 0 Å². The van der Waals surface area contributed by atoms with Crippen molar-refractivity contribution in [3.63, 3.8) is 0 Å². The molecule has 0 saturated heterocycles. The molecule has 1 heterocycles. The summed E-state index contributed by atoms with van der Waals surface area (Å²) in [4.78, 5) is 10.2. The zero-order valence-electron chi connectivity index (χ0n) is 56.3. The van der Waals surface area contributed by atoms with E-state index in [1.807, 2.05) is 108 Å². The number of aryl methyl sites for hydroxylation is 2. The number of nitrogens with zero attached hydrogens (tertiary/aromatic N) is 2. The summed E-state index contributed by atoms with van der Waals surface area (Å²) in [7, 11) is 0. The Hall–Kier alpha value is -9.50. The van der Waals surface area contributed by atoms with E-state index in [4.69, 9.17) is 9.97 Å². The maximum atomic E-state index is 5.13. The molecule has 1 aliphatic rings. The lowest BCUT2D eigenvalue weighted by atomic mass is 9.80. The summed E-state index contributed by atoms with van der Waals surface area (Å²) < 4.78 is 0. The van der Waals surface area contributed by atoms with Gasteiger partial charge in [-0.2, -0.15) is 0 Å². The highest BCUT2D eigenvalue weighted by molar-refractivity contribution is 5.99. The van der Waals surface area contributed by atoms with E-state index >= 15 is 0 Å². The Bertz CT molecular complexity index is 4060. The van der Waals surface area contributed by atoms with Crippen molar-refractivity contribution in [3.8, 4) is 67.3 Å². The number of fused-ring (bicyclic) bond motifs is 1. The summed E-state index contributed by atoms with van der Waals surface area (Å²) in [5, 5.41) is 2.75. The van der Waals surface area contributed by atoms with Gasteiger partial charge in [0.05, 0.1) is 11.4 Å². The molecule has 0 amide bonds. The van der Waals surface area contributed by atoms with Gasteiger partial charge in [-0.1, -0.05) is 310 Å². The average molecular weight is 1180 g/mol. The first kappa shape index (κ1) is 69.6. The van der Waals surface area contributed by atoms with Crippen molar-refractivity contribution in [1.82, 2.24) is 9.97 Å². The minimum Gasteiger partial charge on any atom is -0.228 e. The predicted molar refractivity (Wildman–Crippen MR) is 401 cm³/mol. The van der Waals surface area contributed by atoms with Crippen LogP contribution < -0.4 is 0 Å². The molecule has 0 unspecified atom stereocenters. The largest absolute Gasteiger partial charge is 0.228 e. The van der Waals surface area contributed by atoms with Crippen LogP contribution >= 0.6 is 0 Å². The van der Waals surface area contributed by atoms with Crippen molar-refractivity contribution >= 4 is 28.0 Å². The monoisotopic (exact) mass is 1180 g/mol. The second-order valence-electron chi connectivity index (χ2n) is 22.0. The van der Waals surface area contributed by atoms with E-state index < -0.39 is 0 Å². The molecule has 0 fully saturated rings. The molecule has 90 heavy (non-hydrogen) atoms. The fourth-order valence-electron chi connectivity index (χ4n) is 11.6. The van der Waals surface area contributed by atoms with Crippen LogP contribution in [0.4, 0.5) is 0 Å². The van der Waals surface area contributed by atoms with Crippen LogP contribution in [0.15, 0.2) is 285 Å². The molecular formula is C88H96N2. The SMILES string of the molecule is C=C(/C=C\C)c1c(/C=C\C)c(CC)c2ccccc2c1C(C)C.C=CC1=C(/C=C\C)C(c2ccc(-c3cccc(-c4cccc(-c5cc(-c6ccc(-c7ccccc7)cc6)nc(-c6ccccc6)n5)c4)c3)cc2C)=C(C)CC1.CC.CC.C\C=C/C=C\C=C\C. The normalized spacial score (nSPS) is 12.3. The van der Waals surface area contributed by atoms with Crippen molar-refractivity contribution in [2.45, 2.75) is 122 Å². The second-order valence-corrected chi connectivity index (χ2v) is 22.0. The summed E-state index contributed by atoms with van der Waals surface area (Å²) in [6, 6.07) is 64.7. The van der Waals surface area contributed by atoms with Gasteiger partial charge in [-0.15, -0.1) is 0 Å². The van der Waals surface area contributed by atoms with Crippen LogP contribution in [0.25, 0.3) is 95.3 Å². The second kappa shape index (κ2) is 36.1. The summed E-state index contributed by atoms with van der Waals surface area (Å²) in [5.41, 5.74) is 26.5. The first-order chi connectivity index (χ1) is 44.0. The molecule has 1 aromatic heterocycles. The van der Waals surface area contributed by atoms with Gasteiger partial charge in [0, 0.05) is 16.7 Å². The molecule has 0 bridgehead atoms. The summed E-state index contributed by atoms with van der Waals surface area (Å²) in [5.74, 6) is 1.16. The molecule has 2 nitrogen and oxygen atoms in total. The molecule has 0 atom stereocenters. The van der Waals surface area contributed by atoms with Crippen molar-refractivity contribution in [2.75, 3.05) is 0 Å². The van der Waals surface area contributed by atoms with Gasteiger partial charge in [-0.25, -0.2) is 9.97 Å². The quantitative estimate of drug-likeness (QED) is 0.0901. The van der Waals surface area contributed by atoms with Gasteiger partial charge in [0.15, 0.2) is 5.82 Å². The van der Waals surface area contributed by atoms with E-state index in [1.165, 1.54) is 88.7 Å². The molecule has 0 saturated carbocycles. The Labute approximate surface area is 542 Å². The number of hydrogen-bond donors (Lipinski definition) is 0. The Morgan fingerprint density at radius 1 is 0.489 bits per heavy atom. The van der Waals surface area contributed by atoms with Crippen LogP contribution in [0.2, 0.25) is 0 Å². The van der Waals surface area contributed by atoms with Crippen LogP contribution in [-0.4, -0.2) is 9.97 Å². The molecule has 10 rings (SSSR count). The van der Waals surface area contributed by atoms with Crippen LogP contribution in [0, 0.1) is 6.92 Å². The van der Waals surface area contributed by atoms with Crippen molar-refractivity contribution < 1.29 is 0 Å². The van der Waals surface area contributed by atoms with Crippen LogP contribution in [-0.2, 0) is 6.42 Å². The van der Waals surface area contributed by atoms with Gasteiger partial charge in [-0.05, 0) is 192 Å². The Morgan fingerprint density at radius 2 is 0.978 bits per heavy atom. The third kappa shape index (κ3) is 17.6. The number of rotatable bonds is 16. The Balaban J connectivity index is 0.000000304. The molecule has 8 aromatic carbocycles. The highest BCUT2D eigenvalue weighted by atomic mass is 14.9.